The van der Waals surface area contributed by atoms with Crippen LogP contribution >= 0.6 is 63.7 Å². The van der Waals surface area contributed by atoms with E-state index < -0.39 is 29.5 Å². The number of H-pyrrole nitrogens is 2. The molecule has 43 nitrogen and oxygen atoms in total. The van der Waals surface area contributed by atoms with Crippen molar-refractivity contribution >= 4 is 182 Å². The van der Waals surface area contributed by atoms with Crippen LogP contribution in [0.1, 0.15) is 52.1 Å². The van der Waals surface area contributed by atoms with Crippen LogP contribution in [0.25, 0.3) is 65.4 Å². The molecule has 0 bridgehead atoms. The number of aliphatic hydroxyl groups excluding tert-OH is 1. The van der Waals surface area contributed by atoms with Crippen LogP contribution in [0.15, 0.2) is 192 Å². The molecule has 7 aromatic carbocycles. The fourth-order valence-electron chi connectivity index (χ4n) is 14.4. The lowest BCUT2D eigenvalue weighted by Crippen LogP contribution is -2.33. The molecule has 5 aliphatic heterocycles. The number of carboxylic acids is 1. The largest absolute Gasteiger partial charge is 0.476 e. The van der Waals surface area contributed by atoms with Gasteiger partial charge in [-0.25, -0.2) is 28.7 Å². The summed E-state index contributed by atoms with van der Waals surface area (Å²) in [5.41, 5.74) is 24.2. The van der Waals surface area contributed by atoms with Gasteiger partial charge in [0.15, 0.2) is 11.4 Å². The van der Waals surface area contributed by atoms with Crippen molar-refractivity contribution in [3.8, 4) is 23.5 Å². The molecule has 5 saturated heterocycles. The summed E-state index contributed by atoms with van der Waals surface area (Å²) in [6.45, 7) is 16.1. The first-order valence-corrected chi connectivity index (χ1v) is 48.8. The standard InChI is InChI=1S/C19H21N5O4.C18H25N3O5.C13H15BrN2O3.C13H17N3O3.C8H6BrFO2.2C8H7BrN2O.C6H6N2O2.C5H10O3/c1-24-16-9-12(22-18(25)17-15(20)3-2-6-21-17)4-5-14(16)19(23-24)28-11-13-10-26-7-8-27-13;1-18(2,3)26-17(22)19-12-5-6-14-15(9-12)21(4)20-16(14)25-11-13-10-23-7-8-24-13;2*1-16-12-6-9(14)2-3-11(12)13(15-16)19-8-10-7-17-4-5-18-10;1-12-8(11)6-3-2-5(9)4-7(6)10;2*1-11-7-4-5(9)2-3-6(7)8(12)10-11;7-4-2-1-3-8-5(4)6(9)10;6-3-5-4-7-1-2-8-5/h2-6,9,13H,7-8,10-11,20H2,1H3,(H,22,25);5-6,9,13H,7-8,10-11H2,1-4H3,(H,19,22);2-3,6,10H,4-5,7-8H2,1H3;2-3,6,10H,4-5,7-8,14H2,1H3;2-4H,1H3;2*2-4H,1H3,(H,10,12);1-3H,7H2,(H,9,10);5-6H,1-4H2/t2*13-;2*10-;;;;;5-/m0000....1/s1. The third-order valence-corrected chi connectivity index (χ3v) is 23.5. The van der Waals surface area contributed by atoms with Gasteiger partial charge in [-0.15, -0.1) is 20.4 Å². The fraction of sp³-hybridized carbons (Fsp3) is 0.367. The van der Waals surface area contributed by atoms with E-state index in [1.807, 2.05) is 153 Å². The topological polar surface area (TPSA) is 531 Å². The van der Waals surface area contributed by atoms with Gasteiger partial charge in [-0.3, -0.25) is 58.0 Å². The summed E-state index contributed by atoms with van der Waals surface area (Å²) < 4.78 is 113. The molecule has 12 N–H and O–H groups in total. The number of halogens is 5. The lowest BCUT2D eigenvalue weighted by Gasteiger charge is -2.22. The number of nitrogens with zero attached hydrogens (tertiary/aromatic N) is 12. The highest BCUT2D eigenvalue weighted by molar-refractivity contribution is 9.11. The summed E-state index contributed by atoms with van der Waals surface area (Å²) in [4.78, 5) is 75.5. The number of nitrogens with two attached hydrogens (primary N) is 3. The molecule has 0 unspecified atom stereocenters. The Hall–Kier alpha value is -13.1. The summed E-state index contributed by atoms with van der Waals surface area (Å²) in [6, 6.07) is 44.3. The molecule has 146 heavy (non-hydrogen) atoms. The minimum atomic E-state index is -1.10. The molecule has 0 spiro atoms. The molecule has 0 aliphatic carbocycles. The number of methoxy groups -OCH3 is 1. The van der Waals surface area contributed by atoms with Crippen molar-refractivity contribution in [1.82, 2.24) is 68.7 Å². The highest BCUT2D eigenvalue weighted by Gasteiger charge is 2.26. The highest BCUT2D eigenvalue weighted by Crippen LogP contribution is 2.33. The average molecular weight is 2280 g/mol. The van der Waals surface area contributed by atoms with Crippen molar-refractivity contribution in [2.45, 2.75) is 56.9 Å². The number of aromatic carboxylic acids is 1. The summed E-state index contributed by atoms with van der Waals surface area (Å²) in [7, 11) is 12.3. The van der Waals surface area contributed by atoms with Gasteiger partial charge in [0, 0.05) is 89.6 Å². The zero-order valence-corrected chi connectivity index (χ0v) is 87.8. The Labute approximate surface area is 869 Å². The van der Waals surface area contributed by atoms with E-state index >= 15 is 0 Å². The van der Waals surface area contributed by atoms with Gasteiger partial charge >= 0.3 is 18.0 Å². The second-order valence-corrected chi connectivity index (χ2v) is 37.3. The van der Waals surface area contributed by atoms with Crippen LogP contribution in [0.5, 0.6) is 23.5 Å². The number of aromatic nitrogens is 14. The summed E-state index contributed by atoms with van der Waals surface area (Å²) in [6.07, 6.45) is 2.11. The number of fused-ring (bicyclic) bond motifs is 6. The number of pyridine rings is 2. The smallest absolute Gasteiger partial charge is 0.412 e. The third kappa shape index (κ3) is 32.5. The maximum atomic E-state index is 13.0. The van der Waals surface area contributed by atoms with E-state index in [1.54, 1.807) is 71.9 Å². The Morgan fingerprint density at radius 3 is 1.14 bits per heavy atom. The monoisotopic (exact) mass is 2280 g/mol. The molecule has 13 heterocycles. The zero-order chi connectivity index (χ0) is 105. The summed E-state index contributed by atoms with van der Waals surface area (Å²) in [5.74, 6) is -0.440. The molecule has 8 aromatic heterocycles. The van der Waals surface area contributed by atoms with E-state index in [0.29, 0.717) is 176 Å². The lowest BCUT2D eigenvalue weighted by molar-refractivity contribution is -0.105. The van der Waals surface area contributed by atoms with Crippen molar-refractivity contribution < 1.29 is 110 Å². The maximum absolute atomic E-state index is 13.0. The highest BCUT2D eigenvalue weighted by atomic mass is 79.9. The Morgan fingerprint density at radius 2 is 0.788 bits per heavy atom. The number of aromatic amines is 2. The van der Waals surface area contributed by atoms with Gasteiger partial charge < -0.3 is 109 Å². The van der Waals surface area contributed by atoms with Crippen LogP contribution in [0, 0.1) is 5.82 Å². The number of ether oxygens (including phenoxy) is 16. The van der Waals surface area contributed by atoms with Crippen molar-refractivity contribution in [3.05, 3.63) is 225 Å². The van der Waals surface area contributed by atoms with Crippen molar-refractivity contribution in [2.75, 3.05) is 167 Å². The Bertz CT molecular complexity index is 6820. The number of esters is 1. The first-order valence-electron chi connectivity index (χ1n) is 45.6. The molecule has 780 valence electrons. The van der Waals surface area contributed by atoms with E-state index in [-0.39, 0.29) is 76.8 Å². The minimum absolute atomic E-state index is 0.0127. The summed E-state index contributed by atoms with van der Waals surface area (Å²) >= 11 is 13.2. The zero-order valence-electron chi connectivity index (χ0n) is 81.5. The van der Waals surface area contributed by atoms with Gasteiger partial charge in [-0.2, -0.15) is 0 Å². The van der Waals surface area contributed by atoms with E-state index in [9.17, 15) is 33.2 Å². The molecule has 15 aromatic rings. The molecule has 20 rings (SSSR count). The Morgan fingerprint density at radius 1 is 0.445 bits per heavy atom. The predicted octanol–water partition coefficient (Wildman–Crippen LogP) is 12.8. The first-order chi connectivity index (χ1) is 70.1. The predicted molar refractivity (Wildman–Crippen MR) is 557 cm³/mol. The average Bonchev–Trinajstić information content (AvgIpc) is 1.66. The van der Waals surface area contributed by atoms with Gasteiger partial charge in [0.05, 0.1) is 195 Å². The SMILES string of the molecule is COC(=O)c1ccc(Br)cc1F.Cn1[nH]c(=O)c2ccc(Br)cc21.Cn1[nH]c(=O)c2ccc(Br)cc21.Cn1nc(OC[C@@H]2COCCO2)c2ccc(Br)cc21.Cn1nc(OC[C@@H]2COCCO2)c2ccc(N)cc21.Cn1nc(OC[C@@H]2COCCO2)c2ccc(NC(=O)OC(C)(C)C)cc21.Cn1nc(OC[C@@H]2COCCO2)c2ccc(NC(=O)c3ncccc3N)cc21.Nc1cccnc1C(=O)O.OC[C@@H]1COCCO1. The molecular formula is C98H114Br4FN19O24. The number of anilines is 5. The van der Waals surface area contributed by atoms with Gasteiger partial charge in [0.25, 0.3) is 17.0 Å². The number of hydrogen-bond donors (Lipinski definition) is 9. The van der Waals surface area contributed by atoms with E-state index in [1.165, 1.54) is 37.7 Å². The maximum Gasteiger partial charge on any atom is 0.412 e. The Kier molecular flexibility index (Phi) is 41.6. The number of carboxylic acid groups (broad SMARTS) is 1. The van der Waals surface area contributed by atoms with Crippen molar-refractivity contribution in [3.63, 3.8) is 0 Å². The van der Waals surface area contributed by atoms with Crippen LogP contribution in [-0.2, 0) is 99.1 Å². The van der Waals surface area contributed by atoms with Gasteiger partial charge in [-0.05, 0) is 172 Å². The number of nitrogen functional groups attached to an aromatic ring is 3. The third-order valence-electron chi connectivity index (χ3n) is 21.5. The molecule has 5 fully saturated rings. The number of hydrogen-bond acceptors (Lipinski definition) is 32. The van der Waals surface area contributed by atoms with E-state index in [4.69, 9.17) is 98.5 Å². The van der Waals surface area contributed by atoms with Crippen LogP contribution < -0.4 is 57.9 Å². The normalized spacial score (nSPS) is 16.4. The van der Waals surface area contributed by atoms with E-state index in [2.05, 4.69) is 120 Å². The van der Waals surface area contributed by atoms with Gasteiger partial charge in [0.1, 0.15) is 68.4 Å². The second kappa shape index (κ2) is 54.4. The number of aliphatic hydroxyl groups is 1. The fourth-order valence-corrected chi connectivity index (χ4v) is 15.8. The van der Waals surface area contributed by atoms with Gasteiger partial charge in [-0.1, -0.05) is 63.7 Å². The minimum Gasteiger partial charge on any atom is -0.476 e. The number of nitrogens with one attached hydrogen (secondary N) is 4. The molecule has 5 aliphatic rings. The molecule has 0 radical (unpaired) electrons. The molecule has 2 amide bonds. The van der Waals surface area contributed by atoms with E-state index in [0.717, 1.165) is 78.8 Å². The second-order valence-electron chi connectivity index (χ2n) is 33.6. The van der Waals surface area contributed by atoms with Crippen LogP contribution in [0.4, 0.5) is 37.6 Å². The number of amides is 2. The molecular weight excluding hydrogens is 2170 g/mol. The van der Waals surface area contributed by atoms with Crippen molar-refractivity contribution in [1.29, 1.82) is 0 Å². The number of aryl methyl sites for hydroxylation is 6. The molecule has 5 atom stereocenters. The number of carbonyl (C=O) groups is 4. The quantitative estimate of drug-likeness (QED) is 0.0284. The molecule has 48 heteroatoms. The van der Waals surface area contributed by atoms with Crippen LogP contribution in [0.2, 0.25) is 0 Å². The molecule has 0 saturated carbocycles. The lowest BCUT2D eigenvalue weighted by atomic mass is 10.2. The van der Waals surface area contributed by atoms with Crippen molar-refractivity contribution in [2.24, 2.45) is 42.3 Å². The van der Waals surface area contributed by atoms with Gasteiger partial charge in [0.2, 0.25) is 23.5 Å². The van der Waals surface area contributed by atoms with Crippen LogP contribution in [0.3, 0.4) is 0 Å². The summed E-state index contributed by atoms with van der Waals surface area (Å²) in [5, 5.41) is 50.5. The number of rotatable bonds is 18. The Balaban J connectivity index is 0.000000150. The van der Waals surface area contributed by atoms with Crippen LogP contribution in [-0.4, -0.2) is 278 Å². The number of carbonyl (C=O) groups excluding carboxylic acids is 3. The number of benzene rings is 7. The first kappa shape index (κ1) is 112.